The first-order chi connectivity index (χ1) is 19.3. The van der Waals surface area contributed by atoms with Crippen molar-refractivity contribution in [1.82, 2.24) is 9.80 Å². The van der Waals surface area contributed by atoms with Gasteiger partial charge in [-0.15, -0.1) is 0 Å². The molecule has 40 heavy (non-hydrogen) atoms. The van der Waals surface area contributed by atoms with Crippen molar-refractivity contribution in [3.05, 3.63) is 106 Å². The summed E-state index contributed by atoms with van der Waals surface area (Å²) in [5, 5.41) is 10.3. The van der Waals surface area contributed by atoms with Crippen LogP contribution in [0, 0.1) is 5.92 Å². The van der Waals surface area contributed by atoms with E-state index in [0.717, 1.165) is 6.42 Å². The lowest BCUT2D eigenvalue weighted by molar-refractivity contribution is -0.147. The van der Waals surface area contributed by atoms with Gasteiger partial charge in [0.15, 0.2) is 0 Å². The zero-order valence-corrected chi connectivity index (χ0v) is 23.1. The Hall–Kier alpha value is -3.68. The van der Waals surface area contributed by atoms with Crippen molar-refractivity contribution in [3.8, 4) is 0 Å². The number of primary amides is 1. The number of nitrogens with zero attached hydrogens (tertiary/aromatic N) is 2. The van der Waals surface area contributed by atoms with Gasteiger partial charge in [-0.25, -0.2) is 4.79 Å². The predicted octanol–water partition coefficient (Wildman–Crippen LogP) is 4.89. The molecule has 2 amide bonds. The number of piperazine rings is 1. The van der Waals surface area contributed by atoms with Crippen molar-refractivity contribution >= 4 is 29.4 Å². The van der Waals surface area contributed by atoms with E-state index < -0.39 is 23.2 Å². The SMILES string of the molecule is NC(=O)[C@H]1CCCC[C@]1(C(=O)N1CCN(C(c2ccccc2)c2ccccc2)CC1)c1ccc(Cl)cc1C(=O)O. The monoisotopic (exact) mass is 559 g/mol. The van der Waals surface area contributed by atoms with Gasteiger partial charge in [0.2, 0.25) is 11.8 Å². The number of amides is 2. The molecule has 3 aromatic rings. The molecule has 208 valence electrons. The summed E-state index contributed by atoms with van der Waals surface area (Å²) < 4.78 is 0. The second kappa shape index (κ2) is 11.8. The van der Waals surface area contributed by atoms with Crippen molar-refractivity contribution in [2.45, 2.75) is 37.1 Å². The van der Waals surface area contributed by atoms with Crippen molar-refractivity contribution in [2.24, 2.45) is 11.7 Å². The number of hydrogen-bond donors (Lipinski definition) is 2. The lowest BCUT2D eigenvalue weighted by atomic mass is 9.60. The number of benzene rings is 3. The molecule has 2 fully saturated rings. The summed E-state index contributed by atoms with van der Waals surface area (Å²) in [4.78, 5) is 43.8. The van der Waals surface area contributed by atoms with Crippen LogP contribution in [0.25, 0.3) is 0 Å². The third-order valence-electron chi connectivity index (χ3n) is 8.52. The molecule has 1 aliphatic heterocycles. The molecule has 0 aromatic heterocycles. The van der Waals surface area contributed by atoms with Crippen LogP contribution in [-0.4, -0.2) is 58.9 Å². The molecule has 3 aromatic carbocycles. The fourth-order valence-corrected chi connectivity index (χ4v) is 6.86. The molecule has 1 saturated carbocycles. The molecule has 2 aliphatic rings. The highest BCUT2D eigenvalue weighted by molar-refractivity contribution is 6.31. The smallest absolute Gasteiger partial charge is 0.336 e. The topological polar surface area (TPSA) is 104 Å². The Balaban J connectivity index is 1.48. The van der Waals surface area contributed by atoms with Crippen molar-refractivity contribution in [2.75, 3.05) is 26.2 Å². The van der Waals surface area contributed by atoms with Gasteiger partial charge in [0.25, 0.3) is 0 Å². The fourth-order valence-electron chi connectivity index (χ4n) is 6.68. The standard InChI is InChI=1S/C32H34ClN3O4/c33-24-14-15-26(25(21-24)30(38)39)32(16-8-7-13-27(32)29(34)37)31(40)36-19-17-35(18-20-36)28(22-9-3-1-4-10-22)23-11-5-2-6-12-23/h1-6,9-12,14-15,21,27-28H,7-8,13,16-20H2,(H2,34,37)(H,38,39)/t27-,32+/m1/s1. The lowest BCUT2D eigenvalue weighted by Crippen LogP contribution is -2.60. The van der Waals surface area contributed by atoms with E-state index in [1.54, 1.807) is 17.0 Å². The van der Waals surface area contributed by atoms with Crippen LogP contribution in [0.15, 0.2) is 78.9 Å². The van der Waals surface area contributed by atoms with Crippen LogP contribution in [0.1, 0.15) is 58.8 Å². The maximum absolute atomic E-state index is 14.5. The number of carbonyl (C=O) groups excluding carboxylic acids is 2. The summed E-state index contributed by atoms with van der Waals surface area (Å²) in [6.07, 6.45) is 2.24. The summed E-state index contributed by atoms with van der Waals surface area (Å²) in [5.74, 6) is -2.79. The Morgan fingerprint density at radius 1 is 0.875 bits per heavy atom. The molecule has 7 nitrogen and oxygen atoms in total. The van der Waals surface area contributed by atoms with Gasteiger partial charge in [-0.1, -0.05) is 91.2 Å². The molecule has 0 bridgehead atoms. The number of halogens is 1. The molecular weight excluding hydrogens is 526 g/mol. The molecular formula is C32H34ClN3O4. The number of carbonyl (C=O) groups is 3. The van der Waals surface area contributed by atoms with Crippen LogP contribution in [-0.2, 0) is 15.0 Å². The van der Waals surface area contributed by atoms with Crippen LogP contribution >= 0.6 is 11.6 Å². The molecule has 8 heteroatoms. The highest BCUT2D eigenvalue weighted by Gasteiger charge is 2.54. The maximum Gasteiger partial charge on any atom is 0.336 e. The number of nitrogens with two attached hydrogens (primary N) is 1. The van der Waals surface area contributed by atoms with E-state index in [4.69, 9.17) is 17.3 Å². The van der Waals surface area contributed by atoms with E-state index in [1.165, 1.54) is 17.2 Å². The minimum atomic E-state index is -1.34. The van der Waals surface area contributed by atoms with E-state index in [1.807, 2.05) is 36.4 Å². The van der Waals surface area contributed by atoms with Gasteiger partial charge in [-0.05, 0) is 41.7 Å². The van der Waals surface area contributed by atoms with Crippen molar-refractivity contribution in [1.29, 1.82) is 0 Å². The van der Waals surface area contributed by atoms with Crippen LogP contribution in [0.5, 0.6) is 0 Å². The Kier molecular flexibility index (Phi) is 8.24. The summed E-state index contributed by atoms with van der Waals surface area (Å²) in [6.45, 7) is 2.17. The lowest BCUT2D eigenvalue weighted by Gasteiger charge is -2.47. The highest BCUT2D eigenvalue weighted by Crippen LogP contribution is 2.47. The molecule has 5 rings (SSSR count). The number of rotatable bonds is 7. The van der Waals surface area contributed by atoms with Gasteiger partial charge in [0.05, 0.1) is 22.9 Å². The number of hydrogen-bond acceptors (Lipinski definition) is 4. The van der Waals surface area contributed by atoms with Gasteiger partial charge in [0, 0.05) is 31.2 Å². The maximum atomic E-state index is 14.5. The van der Waals surface area contributed by atoms with Gasteiger partial charge < -0.3 is 15.7 Å². The molecule has 1 heterocycles. The van der Waals surface area contributed by atoms with Gasteiger partial charge >= 0.3 is 5.97 Å². The first kappa shape index (κ1) is 27.9. The first-order valence-corrected chi connectivity index (χ1v) is 14.2. The van der Waals surface area contributed by atoms with Crippen molar-refractivity contribution in [3.63, 3.8) is 0 Å². The Morgan fingerprint density at radius 2 is 1.48 bits per heavy atom. The summed E-state index contributed by atoms with van der Waals surface area (Å²) in [7, 11) is 0. The zero-order valence-electron chi connectivity index (χ0n) is 22.3. The number of aromatic carboxylic acids is 1. The normalized spacial score (nSPS) is 21.8. The van der Waals surface area contributed by atoms with Gasteiger partial charge in [-0.2, -0.15) is 0 Å². The van der Waals surface area contributed by atoms with E-state index in [2.05, 4.69) is 29.2 Å². The van der Waals surface area contributed by atoms with E-state index in [-0.39, 0.29) is 22.5 Å². The average molecular weight is 560 g/mol. The third kappa shape index (κ3) is 5.23. The molecule has 3 N–H and O–H groups in total. The molecule has 1 saturated heterocycles. The zero-order chi connectivity index (χ0) is 28.3. The Labute approximate surface area is 239 Å². The van der Waals surface area contributed by atoms with Crippen LogP contribution in [0.3, 0.4) is 0 Å². The Morgan fingerprint density at radius 3 is 2.02 bits per heavy atom. The largest absolute Gasteiger partial charge is 0.478 e. The average Bonchev–Trinajstić information content (AvgIpc) is 2.98. The summed E-state index contributed by atoms with van der Waals surface area (Å²) in [5.41, 5.74) is 7.19. The second-order valence-corrected chi connectivity index (χ2v) is 11.2. The molecule has 0 unspecified atom stereocenters. The third-order valence-corrected chi connectivity index (χ3v) is 8.76. The molecule has 0 spiro atoms. The van der Waals surface area contributed by atoms with E-state index >= 15 is 0 Å². The minimum absolute atomic E-state index is 0.0385. The van der Waals surface area contributed by atoms with Crippen LogP contribution < -0.4 is 5.73 Å². The van der Waals surface area contributed by atoms with Gasteiger partial charge in [0.1, 0.15) is 0 Å². The second-order valence-electron chi connectivity index (χ2n) is 10.7. The van der Waals surface area contributed by atoms with E-state index in [0.29, 0.717) is 51.0 Å². The van der Waals surface area contributed by atoms with E-state index in [9.17, 15) is 19.5 Å². The van der Waals surface area contributed by atoms with Crippen LogP contribution in [0.2, 0.25) is 5.02 Å². The predicted molar refractivity (Wildman–Crippen MR) is 154 cm³/mol. The fraction of sp³-hybridized carbons (Fsp3) is 0.344. The highest BCUT2D eigenvalue weighted by atomic mass is 35.5. The number of carboxylic acid groups (broad SMARTS) is 1. The van der Waals surface area contributed by atoms with Gasteiger partial charge in [-0.3, -0.25) is 14.5 Å². The molecule has 2 atom stereocenters. The quantitative estimate of drug-likeness (QED) is 0.429. The first-order valence-electron chi connectivity index (χ1n) is 13.8. The van der Waals surface area contributed by atoms with Crippen molar-refractivity contribution < 1.29 is 19.5 Å². The Bertz CT molecular complexity index is 1340. The minimum Gasteiger partial charge on any atom is -0.478 e. The summed E-state index contributed by atoms with van der Waals surface area (Å²) >= 11 is 6.16. The number of carboxylic acids is 1. The summed E-state index contributed by atoms with van der Waals surface area (Å²) in [6, 6.07) is 25.2. The molecule has 0 radical (unpaired) electrons. The molecule has 1 aliphatic carbocycles. The van der Waals surface area contributed by atoms with Crippen LogP contribution in [0.4, 0.5) is 0 Å².